The number of fused-ring (bicyclic) bond motifs is 1. The lowest BCUT2D eigenvalue weighted by Gasteiger charge is -2.22. The summed E-state index contributed by atoms with van der Waals surface area (Å²) in [5.74, 6) is 0.581. The van der Waals surface area contributed by atoms with E-state index in [-0.39, 0.29) is 6.04 Å². The summed E-state index contributed by atoms with van der Waals surface area (Å²) in [5, 5.41) is 0. The van der Waals surface area contributed by atoms with Gasteiger partial charge in [0.2, 0.25) is 0 Å². The molecule has 2 heterocycles. The van der Waals surface area contributed by atoms with Crippen molar-refractivity contribution in [1.82, 2.24) is 9.55 Å². The van der Waals surface area contributed by atoms with Gasteiger partial charge in [0.25, 0.3) is 0 Å². The Morgan fingerprint density at radius 2 is 2.10 bits per heavy atom. The second-order valence-electron chi connectivity index (χ2n) is 5.06. The zero-order valence-electron chi connectivity index (χ0n) is 10.7. The highest BCUT2D eigenvalue weighted by atomic mass is 19.4. The van der Waals surface area contributed by atoms with E-state index in [0.29, 0.717) is 24.4 Å². The van der Waals surface area contributed by atoms with Crippen molar-refractivity contribution >= 4 is 0 Å². The number of benzene rings is 1. The summed E-state index contributed by atoms with van der Waals surface area (Å²) in [4.78, 5) is 4.27. The van der Waals surface area contributed by atoms with Gasteiger partial charge in [-0.3, -0.25) is 0 Å². The smallest absolute Gasteiger partial charge is 0.328 e. The van der Waals surface area contributed by atoms with E-state index < -0.39 is 11.7 Å². The summed E-state index contributed by atoms with van der Waals surface area (Å²) in [6.07, 6.45) is -1.11. The van der Waals surface area contributed by atoms with Gasteiger partial charge >= 0.3 is 6.18 Å². The Hall–Kier alpha value is -1.82. The minimum atomic E-state index is -4.34. The van der Waals surface area contributed by atoms with Crippen molar-refractivity contribution in [3.8, 4) is 11.4 Å². The molecule has 1 unspecified atom stereocenters. The molecule has 1 aliphatic rings. The fourth-order valence-electron chi connectivity index (χ4n) is 2.55. The topological polar surface area (TPSA) is 43.8 Å². The van der Waals surface area contributed by atoms with Crippen molar-refractivity contribution in [3.63, 3.8) is 0 Å². The third kappa shape index (κ3) is 2.31. The molecule has 3 rings (SSSR count). The molecule has 1 atom stereocenters. The van der Waals surface area contributed by atoms with Crippen molar-refractivity contribution in [3.05, 3.63) is 41.7 Å². The third-order valence-corrected chi connectivity index (χ3v) is 3.58. The number of nitrogens with zero attached hydrogens (tertiary/aromatic N) is 2. The molecule has 0 spiro atoms. The molecule has 1 aromatic carbocycles. The Balaban J connectivity index is 2.02. The van der Waals surface area contributed by atoms with Gasteiger partial charge in [-0.1, -0.05) is 12.1 Å². The molecule has 20 heavy (non-hydrogen) atoms. The van der Waals surface area contributed by atoms with E-state index in [9.17, 15) is 13.2 Å². The van der Waals surface area contributed by atoms with Gasteiger partial charge in [0.05, 0.1) is 5.56 Å². The van der Waals surface area contributed by atoms with E-state index in [1.165, 1.54) is 6.07 Å². The molecule has 2 aromatic rings. The lowest BCUT2D eigenvalue weighted by molar-refractivity contribution is -0.137. The van der Waals surface area contributed by atoms with Gasteiger partial charge in [0, 0.05) is 36.5 Å². The Morgan fingerprint density at radius 1 is 1.30 bits per heavy atom. The summed E-state index contributed by atoms with van der Waals surface area (Å²) < 4.78 is 40.2. The Kier molecular flexibility index (Phi) is 3.05. The van der Waals surface area contributed by atoms with Gasteiger partial charge in [0.15, 0.2) is 0 Å². The largest absolute Gasteiger partial charge is 0.416 e. The van der Waals surface area contributed by atoms with Crippen LogP contribution >= 0.6 is 0 Å². The third-order valence-electron chi connectivity index (χ3n) is 3.58. The second kappa shape index (κ2) is 4.63. The van der Waals surface area contributed by atoms with Crippen LogP contribution in [0.15, 0.2) is 30.5 Å². The van der Waals surface area contributed by atoms with Gasteiger partial charge in [-0.15, -0.1) is 0 Å². The van der Waals surface area contributed by atoms with Crippen molar-refractivity contribution in [1.29, 1.82) is 0 Å². The van der Waals surface area contributed by atoms with Crippen LogP contribution in [-0.4, -0.2) is 15.6 Å². The Labute approximate surface area is 114 Å². The number of halogens is 3. The first-order chi connectivity index (χ1) is 9.45. The van der Waals surface area contributed by atoms with Crippen molar-refractivity contribution in [2.75, 3.05) is 0 Å². The van der Waals surface area contributed by atoms with Gasteiger partial charge < -0.3 is 10.3 Å². The summed E-state index contributed by atoms with van der Waals surface area (Å²) in [7, 11) is 0. The average molecular weight is 281 g/mol. The van der Waals surface area contributed by atoms with E-state index in [2.05, 4.69) is 4.98 Å². The van der Waals surface area contributed by atoms with Gasteiger partial charge in [-0.2, -0.15) is 13.2 Å². The number of hydrogen-bond donors (Lipinski definition) is 1. The minimum Gasteiger partial charge on any atom is -0.328 e. The Bertz CT molecular complexity index is 631. The lowest BCUT2D eigenvalue weighted by Crippen LogP contribution is -2.30. The van der Waals surface area contributed by atoms with Crippen LogP contribution < -0.4 is 5.73 Å². The molecule has 3 nitrogen and oxygen atoms in total. The second-order valence-corrected chi connectivity index (χ2v) is 5.06. The summed E-state index contributed by atoms with van der Waals surface area (Å²) in [5.41, 5.74) is 6.71. The molecular weight excluding hydrogens is 267 g/mol. The monoisotopic (exact) mass is 281 g/mol. The number of imidazole rings is 1. The van der Waals surface area contributed by atoms with Crippen LogP contribution in [0, 0.1) is 0 Å². The number of hydrogen-bond acceptors (Lipinski definition) is 2. The predicted molar refractivity (Wildman–Crippen MR) is 69.0 cm³/mol. The van der Waals surface area contributed by atoms with E-state index in [4.69, 9.17) is 5.73 Å². The molecule has 0 saturated heterocycles. The number of alkyl halides is 3. The molecule has 0 radical (unpaired) electrons. The summed E-state index contributed by atoms with van der Waals surface area (Å²) in [6, 6.07) is 5.38. The lowest BCUT2D eigenvalue weighted by atomic mass is 10.0. The number of rotatable bonds is 1. The molecule has 2 N–H and O–H groups in total. The fourth-order valence-corrected chi connectivity index (χ4v) is 2.55. The van der Waals surface area contributed by atoms with Gasteiger partial charge in [-0.25, -0.2) is 4.98 Å². The maximum absolute atomic E-state index is 12.8. The maximum atomic E-state index is 12.8. The highest BCUT2D eigenvalue weighted by Gasteiger charge is 2.31. The summed E-state index contributed by atoms with van der Waals surface area (Å²) >= 11 is 0. The summed E-state index contributed by atoms with van der Waals surface area (Å²) in [6.45, 7) is 0.697. The quantitative estimate of drug-likeness (QED) is 0.873. The Morgan fingerprint density at radius 3 is 2.85 bits per heavy atom. The van der Waals surface area contributed by atoms with Crippen LogP contribution in [0.1, 0.15) is 17.7 Å². The first-order valence-electron chi connectivity index (χ1n) is 6.43. The zero-order valence-corrected chi connectivity index (χ0v) is 10.7. The molecule has 1 aromatic heterocycles. The van der Waals surface area contributed by atoms with Crippen LogP contribution in [0.4, 0.5) is 13.2 Å². The molecule has 0 amide bonds. The molecule has 0 aliphatic carbocycles. The standard InChI is InChI=1S/C14H14F3N3/c15-14(16,17)10-3-1-2-9(6-10)13-19-8-12-7-11(18)4-5-20(12)13/h1-3,6,8,11H,4-5,7,18H2. The van der Waals surface area contributed by atoms with Gasteiger partial charge in [0.1, 0.15) is 5.82 Å². The fraction of sp³-hybridized carbons (Fsp3) is 0.357. The van der Waals surface area contributed by atoms with Crippen molar-refractivity contribution in [2.24, 2.45) is 5.73 Å². The number of nitrogens with two attached hydrogens (primary N) is 1. The molecule has 0 saturated carbocycles. The predicted octanol–water partition coefficient (Wildman–Crippen LogP) is 2.84. The van der Waals surface area contributed by atoms with E-state index in [1.54, 1.807) is 12.3 Å². The van der Waals surface area contributed by atoms with E-state index in [0.717, 1.165) is 24.2 Å². The zero-order chi connectivity index (χ0) is 14.3. The first-order valence-corrected chi connectivity index (χ1v) is 6.43. The van der Waals surface area contributed by atoms with Crippen molar-refractivity contribution in [2.45, 2.75) is 31.6 Å². The molecule has 106 valence electrons. The first kappa shape index (κ1) is 13.2. The maximum Gasteiger partial charge on any atom is 0.416 e. The van der Waals surface area contributed by atoms with E-state index in [1.807, 2.05) is 4.57 Å². The van der Waals surface area contributed by atoms with Crippen molar-refractivity contribution < 1.29 is 13.2 Å². The molecular formula is C14H14F3N3. The molecule has 0 bridgehead atoms. The molecule has 6 heteroatoms. The normalized spacial score (nSPS) is 18.9. The van der Waals surface area contributed by atoms with Crippen LogP contribution in [0.25, 0.3) is 11.4 Å². The highest BCUT2D eigenvalue weighted by Crippen LogP contribution is 2.32. The SMILES string of the molecule is NC1CCn2c(cnc2-c2cccc(C(F)(F)F)c2)C1. The molecule has 1 aliphatic heterocycles. The van der Waals surface area contributed by atoms with Crippen LogP contribution in [0.5, 0.6) is 0 Å². The van der Waals surface area contributed by atoms with Gasteiger partial charge in [-0.05, 0) is 18.6 Å². The van der Waals surface area contributed by atoms with E-state index >= 15 is 0 Å². The average Bonchev–Trinajstić information content (AvgIpc) is 2.80. The minimum absolute atomic E-state index is 0.105. The molecule has 0 fully saturated rings. The van der Waals surface area contributed by atoms with Crippen LogP contribution in [0.2, 0.25) is 0 Å². The van der Waals surface area contributed by atoms with Crippen LogP contribution in [0.3, 0.4) is 0 Å². The number of aromatic nitrogens is 2. The van der Waals surface area contributed by atoms with Crippen LogP contribution in [-0.2, 0) is 19.1 Å². The highest BCUT2D eigenvalue weighted by molar-refractivity contribution is 5.58.